The monoisotopic (exact) mass is 405 g/mol. The van der Waals surface area contributed by atoms with E-state index >= 15 is 0 Å². The lowest BCUT2D eigenvalue weighted by atomic mass is 10.0. The molecule has 4 rings (SSSR count). The maximum atomic E-state index is 12.8. The Hall–Kier alpha value is -3.58. The van der Waals surface area contributed by atoms with E-state index in [9.17, 15) is 4.79 Å². The molecule has 1 amide bonds. The van der Waals surface area contributed by atoms with E-state index in [1.54, 1.807) is 20.3 Å². The molecule has 0 aliphatic rings. The van der Waals surface area contributed by atoms with Gasteiger partial charge in [0.25, 0.3) is 5.91 Å². The zero-order valence-electron chi connectivity index (χ0n) is 16.9. The molecule has 0 aliphatic heterocycles. The molecule has 7 nitrogen and oxygen atoms in total. The van der Waals surface area contributed by atoms with E-state index in [1.165, 1.54) is 0 Å². The normalized spacial score (nSPS) is 11.0. The summed E-state index contributed by atoms with van der Waals surface area (Å²) in [5.41, 5.74) is 3.39. The minimum absolute atomic E-state index is 0.0153. The zero-order chi connectivity index (χ0) is 21.1. The number of hydrogen-bond acceptors (Lipinski definition) is 5. The molecule has 0 unspecified atom stereocenters. The predicted molar refractivity (Wildman–Crippen MR) is 116 cm³/mol. The number of pyridine rings is 1. The summed E-state index contributed by atoms with van der Waals surface area (Å²) in [6, 6.07) is 15.2. The minimum atomic E-state index is -0.293. The van der Waals surface area contributed by atoms with Gasteiger partial charge < -0.3 is 24.9 Å². The van der Waals surface area contributed by atoms with Crippen molar-refractivity contribution in [2.24, 2.45) is 0 Å². The van der Waals surface area contributed by atoms with Crippen LogP contribution in [-0.4, -0.2) is 48.4 Å². The van der Waals surface area contributed by atoms with Crippen molar-refractivity contribution in [3.05, 3.63) is 54.2 Å². The van der Waals surface area contributed by atoms with Crippen LogP contribution >= 0.6 is 0 Å². The van der Waals surface area contributed by atoms with E-state index in [2.05, 4.69) is 15.3 Å². The molecule has 2 aromatic heterocycles. The highest BCUT2D eigenvalue weighted by molar-refractivity contribution is 6.13. The van der Waals surface area contributed by atoms with Gasteiger partial charge in [-0.15, -0.1) is 0 Å². The lowest BCUT2D eigenvalue weighted by Crippen LogP contribution is -2.26. The van der Waals surface area contributed by atoms with Crippen molar-refractivity contribution < 1.29 is 19.4 Å². The number of ether oxygens (including phenoxy) is 2. The average Bonchev–Trinajstić information content (AvgIpc) is 3.16. The molecule has 0 saturated heterocycles. The van der Waals surface area contributed by atoms with Crippen molar-refractivity contribution in [1.82, 2.24) is 15.3 Å². The van der Waals surface area contributed by atoms with Crippen LogP contribution < -0.4 is 14.8 Å². The number of nitrogens with zero attached hydrogens (tertiary/aromatic N) is 1. The highest BCUT2D eigenvalue weighted by atomic mass is 16.5. The standard InChI is InChI=1S/C23H23N3O4/c1-29-14-8-9-20(30-2)17(12-14)22-21-16(15-6-3-4-7-18(15)25-21)13-19(26-22)23(28)24-10-5-11-27/h3-4,6-9,12-13,25,27H,5,10-11H2,1-2H3,(H,24,28). The third kappa shape index (κ3) is 3.55. The number of carbonyl (C=O) groups excluding carboxylic acids is 1. The zero-order valence-corrected chi connectivity index (χ0v) is 16.9. The average molecular weight is 405 g/mol. The smallest absolute Gasteiger partial charge is 0.269 e. The maximum absolute atomic E-state index is 12.8. The molecule has 154 valence electrons. The highest BCUT2D eigenvalue weighted by Gasteiger charge is 2.19. The summed E-state index contributed by atoms with van der Waals surface area (Å²) in [6.45, 7) is 0.391. The van der Waals surface area contributed by atoms with Crippen LogP contribution in [0.15, 0.2) is 48.5 Å². The van der Waals surface area contributed by atoms with Crippen LogP contribution in [-0.2, 0) is 0 Å². The number of fused-ring (bicyclic) bond motifs is 3. The van der Waals surface area contributed by atoms with Crippen LogP contribution in [0.5, 0.6) is 11.5 Å². The van der Waals surface area contributed by atoms with Gasteiger partial charge in [-0.1, -0.05) is 18.2 Å². The Kier molecular flexibility index (Phi) is 5.54. The molecular formula is C23H23N3O4. The molecule has 0 bridgehead atoms. The van der Waals surface area contributed by atoms with Gasteiger partial charge in [-0.25, -0.2) is 4.98 Å². The number of hydrogen-bond donors (Lipinski definition) is 3. The number of benzene rings is 2. The first-order chi connectivity index (χ1) is 14.7. The van der Waals surface area contributed by atoms with Crippen molar-refractivity contribution in [2.75, 3.05) is 27.4 Å². The number of methoxy groups -OCH3 is 2. The minimum Gasteiger partial charge on any atom is -0.497 e. The molecule has 30 heavy (non-hydrogen) atoms. The molecule has 2 aromatic carbocycles. The van der Waals surface area contributed by atoms with Gasteiger partial charge in [-0.3, -0.25) is 4.79 Å². The Bertz CT molecular complexity index is 1220. The van der Waals surface area contributed by atoms with Crippen LogP contribution in [0, 0.1) is 0 Å². The van der Waals surface area contributed by atoms with Crippen molar-refractivity contribution >= 4 is 27.7 Å². The second-order valence-corrected chi connectivity index (χ2v) is 6.85. The molecule has 0 spiro atoms. The number of H-pyrrole nitrogens is 1. The second-order valence-electron chi connectivity index (χ2n) is 6.85. The molecule has 0 radical (unpaired) electrons. The number of nitrogens with one attached hydrogen (secondary N) is 2. The number of aliphatic hydroxyl groups is 1. The highest BCUT2D eigenvalue weighted by Crippen LogP contribution is 2.38. The summed E-state index contributed by atoms with van der Waals surface area (Å²) in [6.07, 6.45) is 0.484. The van der Waals surface area contributed by atoms with Gasteiger partial charge in [-0.05, 0) is 36.8 Å². The second kappa shape index (κ2) is 8.42. The quantitative estimate of drug-likeness (QED) is 0.409. The third-order valence-corrected chi connectivity index (χ3v) is 5.01. The van der Waals surface area contributed by atoms with E-state index in [-0.39, 0.29) is 12.5 Å². The first kappa shape index (κ1) is 19.7. The van der Waals surface area contributed by atoms with Gasteiger partial charge in [0, 0.05) is 35.0 Å². The molecule has 4 aromatic rings. The number of aliphatic hydroxyl groups excluding tert-OH is 1. The Morgan fingerprint density at radius 2 is 1.93 bits per heavy atom. The molecule has 0 fully saturated rings. The van der Waals surface area contributed by atoms with Crippen molar-refractivity contribution in [1.29, 1.82) is 0 Å². The fourth-order valence-electron chi connectivity index (χ4n) is 3.53. The number of para-hydroxylation sites is 1. The molecular weight excluding hydrogens is 382 g/mol. The molecule has 3 N–H and O–H groups in total. The number of aromatic amines is 1. The lowest BCUT2D eigenvalue weighted by Gasteiger charge is -2.12. The molecule has 0 aliphatic carbocycles. The van der Waals surface area contributed by atoms with Gasteiger partial charge in [-0.2, -0.15) is 0 Å². The predicted octanol–water partition coefficient (Wildman–Crippen LogP) is 3.51. The van der Waals surface area contributed by atoms with E-state index in [0.29, 0.717) is 35.9 Å². The number of amides is 1. The summed E-state index contributed by atoms with van der Waals surface area (Å²) in [4.78, 5) is 20.9. The first-order valence-corrected chi connectivity index (χ1v) is 9.69. The number of aromatic nitrogens is 2. The fourth-order valence-corrected chi connectivity index (χ4v) is 3.53. The van der Waals surface area contributed by atoms with E-state index in [1.807, 2.05) is 42.5 Å². The van der Waals surface area contributed by atoms with Crippen molar-refractivity contribution in [2.45, 2.75) is 6.42 Å². The van der Waals surface area contributed by atoms with Gasteiger partial charge in [0.2, 0.25) is 0 Å². The van der Waals surface area contributed by atoms with Gasteiger partial charge >= 0.3 is 0 Å². The lowest BCUT2D eigenvalue weighted by molar-refractivity contribution is 0.0946. The van der Waals surface area contributed by atoms with E-state index in [4.69, 9.17) is 14.6 Å². The Labute approximate surface area is 173 Å². The SMILES string of the molecule is COc1ccc(OC)c(-c2nc(C(=O)NCCCO)cc3c2[nH]c2ccccc23)c1. The van der Waals surface area contributed by atoms with Crippen LogP contribution in [0.3, 0.4) is 0 Å². The van der Waals surface area contributed by atoms with Crippen molar-refractivity contribution in [3.63, 3.8) is 0 Å². The van der Waals surface area contributed by atoms with Crippen LogP contribution in [0.1, 0.15) is 16.9 Å². The fraction of sp³-hybridized carbons (Fsp3) is 0.217. The third-order valence-electron chi connectivity index (χ3n) is 5.01. The number of carbonyl (C=O) groups is 1. The largest absolute Gasteiger partial charge is 0.497 e. The maximum Gasteiger partial charge on any atom is 0.269 e. The Morgan fingerprint density at radius 1 is 1.10 bits per heavy atom. The molecule has 0 atom stereocenters. The van der Waals surface area contributed by atoms with Gasteiger partial charge in [0.15, 0.2) is 0 Å². The summed E-state index contributed by atoms with van der Waals surface area (Å²) in [7, 11) is 3.20. The molecule has 2 heterocycles. The van der Waals surface area contributed by atoms with Crippen molar-refractivity contribution in [3.8, 4) is 22.8 Å². The summed E-state index contributed by atoms with van der Waals surface area (Å²) in [5, 5.41) is 13.7. The molecule has 7 heteroatoms. The Morgan fingerprint density at radius 3 is 2.70 bits per heavy atom. The van der Waals surface area contributed by atoms with E-state index < -0.39 is 0 Å². The topological polar surface area (TPSA) is 96.5 Å². The van der Waals surface area contributed by atoms with Crippen LogP contribution in [0.2, 0.25) is 0 Å². The molecule has 0 saturated carbocycles. The number of rotatable bonds is 7. The van der Waals surface area contributed by atoms with Gasteiger partial charge in [0.05, 0.1) is 25.4 Å². The first-order valence-electron chi connectivity index (χ1n) is 9.69. The van der Waals surface area contributed by atoms with E-state index in [0.717, 1.165) is 27.4 Å². The van der Waals surface area contributed by atoms with Crippen LogP contribution in [0.4, 0.5) is 0 Å². The van der Waals surface area contributed by atoms with Gasteiger partial charge in [0.1, 0.15) is 17.2 Å². The summed E-state index contributed by atoms with van der Waals surface area (Å²) in [5.74, 6) is 0.995. The summed E-state index contributed by atoms with van der Waals surface area (Å²) >= 11 is 0. The Balaban J connectivity index is 1.97. The van der Waals surface area contributed by atoms with Crippen LogP contribution in [0.25, 0.3) is 33.1 Å². The summed E-state index contributed by atoms with van der Waals surface area (Å²) < 4.78 is 11.0.